The monoisotopic (exact) mass is 256 g/mol. The Morgan fingerprint density at radius 2 is 0.900 bits per heavy atom. The second kappa shape index (κ2) is 9.03. The maximum absolute atomic E-state index is 5.10. The first kappa shape index (κ1) is 15.1. The Morgan fingerprint density at radius 3 is 1.20 bits per heavy atom. The second-order valence-electron chi connectivity index (χ2n) is 3.86. The van der Waals surface area contributed by atoms with Crippen molar-refractivity contribution in [2.24, 2.45) is 0 Å². The van der Waals surface area contributed by atoms with Crippen molar-refractivity contribution >= 4 is 10.8 Å². The van der Waals surface area contributed by atoms with Crippen molar-refractivity contribution in [3.63, 3.8) is 0 Å². The number of hydrogen-bond acceptors (Lipinski definition) is 0. The van der Waals surface area contributed by atoms with E-state index in [1.54, 1.807) is 0 Å². The van der Waals surface area contributed by atoms with Gasteiger partial charge in [0.25, 0.3) is 0 Å². The quantitative estimate of drug-likeness (QED) is 0.509. The molecule has 0 bridgehead atoms. The first-order valence-corrected chi connectivity index (χ1v) is 6.19. The van der Waals surface area contributed by atoms with E-state index in [-0.39, 0.29) is 0 Å². The summed E-state index contributed by atoms with van der Waals surface area (Å²) in [6.07, 6.45) is 13.1. The zero-order chi connectivity index (χ0) is 14.6. The van der Waals surface area contributed by atoms with Crippen LogP contribution in [0.15, 0.2) is 78.9 Å². The van der Waals surface area contributed by atoms with Crippen LogP contribution in [0.5, 0.6) is 0 Å². The molecule has 0 spiro atoms. The Kier molecular flexibility index (Phi) is 6.82. The van der Waals surface area contributed by atoms with Crippen molar-refractivity contribution in [1.29, 1.82) is 0 Å². The molecule has 0 nitrogen and oxygen atoms in total. The summed E-state index contributed by atoms with van der Waals surface area (Å²) in [5.74, 6) is 2.53. The summed E-state index contributed by atoms with van der Waals surface area (Å²) >= 11 is 0. The van der Waals surface area contributed by atoms with E-state index in [2.05, 4.69) is 67.3 Å². The standard InChI is InChI=1S/C10H8.C8H6.C2H2/c1-2-6-10-8-4-3-7-9(10)5-1;1-2-8-6-4-3-5-7-8;1-2/h1-8H;1,3-7H;1-2H. The number of hydrogen-bond donors (Lipinski definition) is 0. The number of terminal acetylenes is 2. The molecule has 0 radical (unpaired) electrons. The lowest BCUT2D eigenvalue weighted by Gasteiger charge is -1.92. The summed E-state index contributed by atoms with van der Waals surface area (Å²) in [5, 5.41) is 2.62. The molecule has 0 amide bonds. The summed E-state index contributed by atoms with van der Waals surface area (Å²) in [4.78, 5) is 0. The van der Waals surface area contributed by atoms with Crippen LogP contribution in [0.25, 0.3) is 10.8 Å². The molecule has 0 heterocycles. The minimum absolute atomic E-state index is 0.938. The largest absolute Gasteiger partial charge is 0.124 e. The molecule has 3 aromatic rings. The zero-order valence-electron chi connectivity index (χ0n) is 11.2. The molecule has 96 valence electrons. The van der Waals surface area contributed by atoms with Gasteiger partial charge in [-0.2, -0.15) is 0 Å². The molecule has 0 fully saturated rings. The van der Waals surface area contributed by atoms with E-state index in [1.807, 2.05) is 30.3 Å². The van der Waals surface area contributed by atoms with Crippen LogP contribution in [0.2, 0.25) is 0 Å². The van der Waals surface area contributed by atoms with E-state index in [4.69, 9.17) is 6.42 Å². The molecule has 0 aliphatic heterocycles. The van der Waals surface area contributed by atoms with Crippen molar-refractivity contribution in [2.75, 3.05) is 0 Å². The highest BCUT2D eigenvalue weighted by atomic mass is 13.9. The SMILES string of the molecule is C#C.C#Cc1ccccc1.c1ccc2ccccc2c1. The van der Waals surface area contributed by atoms with Crippen LogP contribution in [-0.2, 0) is 0 Å². The van der Waals surface area contributed by atoms with Crippen molar-refractivity contribution < 1.29 is 0 Å². The lowest BCUT2D eigenvalue weighted by Crippen LogP contribution is -1.67. The van der Waals surface area contributed by atoms with Gasteiger partial charge >= 0.3 is 0 Å². The van der Waals surface area contributed by atoms with Crippen molar-refractivity contribution in [3.05, 3.63) is 84.4 Å². The Balaban J connectivity index is 0.000000182. The topological polar surface area (TPSA) is 0 Å². The summed E-state index contributed by atoms with van der Waals surface area (Å²) in [6, 6.07) is 26.3. The molecule has 0 saturated carbocycles. The highest BCUT2D eigenvalue weighted by Gasteiger charge is 1.85. The molecule has 0 unspecified atom stereocenters. The second-order valence-corrected chi connectivity index (χ2v) is 3.86. The highest BCUT2D eigenvalue weighted by Crippen LogP contribution is 2.11. The van der Waals surface area contributed by atoms with Crippen LogP contribution in [0.4, 0.5) is 0 Å². The fourth-order valence-corrected chi connectivity index (χ4v) is 1.67. The summed E-state index contributed by atoms with van der Waals surface area (Å²) in [7, 11) is 0. The highest BCUT2D eigenvalue weighted by molar-refractivity contribution is 5.81. The normalized spacial score (nSPS) is 8.25. The fraction of sp³-hybridized carbons (Fsp3) is 0. The minimum Gasteiger partial charge on any atom is -0.124 e. The van der Waals surface area contributed by atoms with Gasteiger partial charge in [-0.3, -0.25) is 0 Å². The van der Waals surface area contributed by atoms with E-state index in [0.717, 1.165) is 5.56 Å². The molecule has 0 aliphatic rings. The third kappa shape index (κ3) is 4.73. The smallest absolute Gasteiger partial charge is 0.0242 e. The molecule has 0 saturated heterocycles. The average Bonchev–Trinajstić information content (AvgIpc) is 2.58. The molecule has 0 aromatic heterocycles. The van der Waals surface area contributed by atoms with E-state index < -0.39 is 0 Å². The van der Waals surface area contributed by atoms with Crippen molar-refractivity contribution in [3.8, 4) is 25.2 Å². The maximum atomic E-state index is 5.10. The molecule has 3 rings (SSSR count). The third-order valence-electron chi connectivity index (χ3n) is 2.60. The summed E-state index contributed by atoms with van der Waals surface area (Å²) in [5.41, 5.74) is 0.938. The van der Waals surface area contributed by atoms with E-state index in [1.165, 1.54) is 10.8 Å². The lowest BCUT2D eigenvalue weighted by molar-refractivity contribution is 1.65. The molecule has 3 aromatic carbocycles. The van der Waals surface area contributed by atoms with Crippen LogP contribution < -0.4 is 0 Å². The molecule has 0 N–H and O–H groups in total. The lowest BCUT2D eigenvalue weighted by atomic mass is 10.1. The molecular formula is C20H16. The van der Waals surface area contributed by atoms with Crippen LogP contribution in [0.1, 0.15) is 5.56 Å². The van der Waals surface area contributed by atoms with Gasteiger partial charge in [-0.25, -0.2) is 0 Å². The molecular weight excluding hydrogens is 240 g/mol. The third-order valence-corrected chi connectivity index (χ3v) is 2.60. The van der Waals surface area contributed by atoms with Gasteiger partial charge in [-0.05, 0) is 22.9 Å². The number of benzene rings is 3. The van der Waals surface area contributed by atoms with Crippen molar-refractivity contribution in [1.82, 2.24) is 0 Å². The molecule has 0 heteroatoms. The van der Waals surface area contributed by atoms with Crippen LogP contribution in [0.3, 0.4) is 0 Å². The van der Waals surface area contributed by atoms with Crippen LogP contribution in [0, 0.1) is 25.2 Å². The van der Waals surface area contributed by atoms with Gasteiger partial charge in [0.2, 0.25) is 0 Å². The van der Waals surface area contributed by atoms with Gasteiger partial charge in [-0.1, -0.05) is 72.7 Å². The molecule has 20 heavy (non-hydrogen) atoms. The van der Waals surface area contributed by atoms with Gasteiger partial charge in [0.15, 0.2) is 0 Å². The molecule has 0 aliphatic carbocycles. The minimum atomic E-state index is 0.938. The predicted molar refractivity (Wildman–Crippen MR) is 88.2 cm³/mol. The van der Waals surface area contributed by atoms with Gasteiger partial charge in [0.1, 0.15) is 0 Å². The van der Waals surface area contributed by atoms with Crippen LogP contribution in [-0.4, -0.2) is 0 Å². The van der Waals surface area contributed by atoms with Gasteiger partial charge in [0, 0.05) is 5.56 Å². The van der Waals surface area contributed by atoms with Crippen LogP contribution >= 0.6 is 0 Å². The van der Waals surface area contributed by atoms with Crippen molar-refractivity contribution in [2.45, 2.75) is 0 Å². The zero-order valence-corrected chi connectivity index (χ0v) is 11.2. The maximum Gasteiger partial charge on any atom is 0.0242 e. The van der Waals surface area contributed by atoms with Gasteiger partial charge in [-0.15, -0.1) is 19.3 Å². The fourth-order valence-electron chi connectivity index (χ4n) is 1.67. The Morgan fingerprint density at radius 1 is 0.550 bits per heavy atom. The van der Waals surface area contributed by atoms with E-state index in [0.29, 0.717) is 0 Å². The Bertz CT molecular complexity index is 620. The van der Waals surface area contributed by atoms with E-state index >= 15 is 0 Å². The number of fused-ring (bicyclic) bond motifs is 1. The Hall–Kier alpha value is -2.96. The van der Waals surface area contributed by atoms with Gasteiger partial charge < -0.3 is 0 Å². The summed E-state index contributed by atoms with van der Waals surface area (Å²) < 4.78 is 0. The van der Waals surface area contributed by atoms with Gasteiger partial charge in [0.05, 0.1) is 0 Å². The average molecular weight is 256 g/mol. The Labute approximate surface area is 121 Å². The number of rotatable bonds is 0. The first-order chi connectivity index (χ1) is 9.90. The predicted octanol–water partition coefficient (Wildman–Crippen LogP) is 4.76. The van der Waals surface area contributed by atoms with E-state index in [9.17, 15) is 0 Å². The summed E-state index contributed by atoms with van der Waals surface area (Å²) in [6.45, 7) is 0. The molecule has 0 atom stereocenters. The first-order valence-electron chi connectivity index (χ1n) is 6.19.